The van der Waals surface area contributed by atoms with Gasteiger partial charge in [-0.2, -0.15) is 0 Å². The summed E-state index contributed by atoms with van der Waals surface area (Å²) in [5.74, 6) is -0.863. The first-order valence-corrected chi connectivity index (χ1v) is 6.84. The van der Waals surface area contributed by atoms with Crippen molar-refractivity contribution < 1.29 is 9.18 Å². The van der Waals surface area contributed by atoms with Gasteiger partial charge in [0.15, 0.2) is 0 Å². The highest BCUT2D eigenvalue weighted by molar-refractivity contribution is 9.10. The molecule has 2 rings (SSSR count). The average Bonchev–Trinajstić information content (AvgIpc) is 2.33. The van der Waals surface area contributed by atoms with Crippen molar-refractivity contribution in [2.24, 2.45) is 0 Å². The molecule has 18 heavy (non-hydrogen) atoms. The zero-order chi connectivity index (χ0) is 13.3. The minimum atomic E-state index is -0.554. The van der Waals surface area contributed by atoms with Gasteiger partial charge in [0, 0.05) is 30.1 Å². The molecule has 1 aromatic carbocycles. The van der Waals surface area contributed by atoms with Crippen LogP contribution in [0.3, 0.4) is 0 Å². The quantitative estimate of drug-likeness (QED) is 0.800. The summed E-state index contributed by atoms with van der Waals surface area (Å²) in [5.41, 5.74) is 0.0250. The number of benzene rings is 1. The lowest BCUT2D eigenvalue weighted by molar-refractivity contribution is 0.0651. The molecule has 3 nitrogen and oxygen atoms in total. The van der Waals surface area contributed by atoms with Gasteiger partial charge in [0.1, 0.15) is 5.82 Å². The lowest BCUT2D eigenvalue weighted by Gasteiger charge is -2.34. The lowest BCUT2D eigenvalue weighted by Crippen LogP contribution is -2.52. The van der Waals surface area contributed by atoms with Crippen LogP contribution in [0.2, 0.25) is 5.02 Å². The van der Waals surface area contributed by atoms with Crippen LogP contribution in [0.5, 0.6) is 0 Å². The smallest absolute Gasteiger partial charge is 0.257 e. The Hall–Kier alpha value is -0.650. The molecule has 1 aliphatic rings. The van der Waals surface area contributed by atoms with E-state index in [1.54, 1.807) is 4.90 Å². The number of carbonyl (C=O) groups excluding carboxylic acids is 1. The molecule has 6 heteroatoms. The molecule has 1 aliphatic heterocycles. The minimum Gasteiger partial charge on any atom is -0.333 e. The Morgan fingerprint density at radius 1 is 1.61 bits per heavy atom. The van der Waals surface area contributed by atoms with Gasteiger partial charge in [-0.05, 0) is 35.0 Å². The van der Waals surface area contributed by atoms with E-state index in [1.807, 2.05) is 6.92 Å². The van der Waals surface area contributed by atoms with Crippen molar-refractivity contribution in [3.63, 3.8) is 0 Å². The molecule has 98 valence electrons. The molecule has 0 aromatic heterocycles. The predicted octanol–water partition coefficient (Wildman–Crippen LogP) is 2.68. The van der Waals surface area contributed by atoms with Crippen molar-refractivity contribution >= 4 is 33.4 Å². The van der Waals surface area contributed by atoms with E-state index in [0.717, 1.165) is 13.1 Å². The molecule has 1 atom stereocenters. The van der Waals surface area contributed by atoms with E-state index >= 15 is 0 Å². The maximum absolute atomic E-state index is 13.8. The van der Waals surface area contributed by atoms with Crippen molar-refractivity contribution in [2.75, 3.05) is 19.6 Å². The summed E-state index contributed by atoms with van der Waals surface area (Å²) in [6, 6.07) is 2.65. The molecule has 0 aliphatic carbocycles. The Balaban J connectivity index is 2.30. The normalized spacial score (nSPS) is 20.0. The Morgan fingerprint density at radius 2 is 2.33 bits per heavy atom. The van der Waals surface area contributed by atoms with Gasteiger partial charge in [0.25, 0.3) is 5.91 Å². The van der Waals surface area contributed by atoms with Crippen LogP contribution in [0, 0.1) is 5.82 Å². The van der Waals surface area contributed by atoms with Crippen LogP contribution in [0.1, 0.15) is 17.3 Å². The zero-order valence-corrected chi connectivity index (χ0v) is 12.2. The first-order chi connectivity index (χ1) is 8.50. The van der Waals surface area contributed by atoms with Crippen LogP contribution in [-0.4, -0.2) is 36.5 Å². The third-order valence-electron chi connectivity index (χ3n) is 3.00. The van der Waals surface area contributed by atoms with E-state index in [2.05, 4.69) is 21.2 Å². The number of carbonyl (C=O) groups is 1. The van der Waals surface area contributed by atoms with Gasteiger partial charge in [0.2, 0.25) is 0 Å². The number of halogens is 3. The predicted molar refractivity (Wildman–Crippen MR) is 72.5 cm³/mol. The maximum Gasteiger partial charge on any atom is 0.257 e. The van der Waals surface area contributed by atoms with E-state index in [-0.39, 0.29) is 17.5 Å². The fourth-order valence-electron chi connectivity index (χ4n) is 1.98. The van der Waals surface area contributed by atoms with E-state index < -0.39 is 5.82 Å². The van der Waals surface area contributed by atoms with Crippen molar-refractivity contribution in [3.8, 4) is 0 Å². The highest BCUT2D eigenvalue weighted by Gasteiger charge is 2.26. The van der Waals surface area contributed by atoms with Crippen LogP contribution in [0.15, 0.2) is 16.6 Å². The third kappa shape index (κ3) is 2.68. The number of hydrogen-bond donors (Lipinski definition) is 1. The number of nitrogens with one attached hydrogen (secondary N) is 1. The van der Waals surface area contributed by atoms with E-state index in [0.29, 0.717) is 16.0 Å². The first-order valence-electron chi connectivity index (χ1n) is 5.67. The second-order valence-electron chi connectivity index (χ2n) is 4.30. The van der Waals surface area contributed by atoms with Crippen LogP contribution in [-0.2, 0) is 0 Å². The number of piperazine rings is 1. The average molecular weight is 336 g/mol. The highest BCUT2D eigenvalue weighted by atomic mass is 79.9. The molecule has 0 spiro atoms. The van der Waals surface area contributed by atoms with Crippen molar-refractivity contribution in [1.82, 2.24) is 10.2 Å². The van der Waals surface area contributed by atoms with Gasteiger partial charge in [-0.1, -0.05) is 11.6 Å². The van der Waals surface area contributed by atoms with Crippen LogP contribution in [0.25, 0.3) is 0 Å². The summed E-state index contributed by atoms with van der Waals surface area (Å²) in [5, 5.41) is 3.52. The monoisotopic (exact) mass is 334 g/mol. The lowest BCUT2D eigenvalue weighted by atomic mass is 10.1. The molecule has 0 radical (unpaired) electrons. The molecule has 1 N–H and O–H groups in total. The summed E-state index contributed by atoms with van der Waals surface area (Å²) in [7, 11) is 0. The second kappa shape index (κ2) is 5.55. The van der Waals surface area contributed by atoms with Gasteiger partial charge >= 0.3 is 0 Å². The molecular weight excluding hydrogens is 323 g/mol. The van der Waals surface area contributed by atoms with Gasteiger partial charge in [-0.25, -0.2) is 4.39 Å². The summed E-state index contributed by atoms with van der Waals surface area (Å²) in [6.45, 7) is 3.95. The maximum atomic E-state index is 13.8. The number of hydrogen-bond acceptors (Lipinski definition) is 2. The molecule has 0 unspecified atom stereocenters. The zero-order valence-electron chi connectivity index (χ0n) is 9.84. The van der Waals surface area contributed by atoms with Crippen LogP contribution in [0.4, 0.5) is 4.39 Å². The minimum absolute atomic E-state index is 0.0250. The highest BCUT2D eigenvalue weighted by Crippen LogP contribution is 2.26. The Morgan fingerprint density at radius 3 is 3.00 bits per heavy atom. The van der Waals surface area contributed by atoms with E-state index in [1.165, 1.54) is 12.1 Å². The number of amides is 1. The standard InChI is InChI=1S/C12H13BrClFN2O/c1-7-6-16-2-3-17(7)12(18)8-4-10(14)9(13)5-11(8)15/h4-5,7,16H,2-3,6H2,1H3/t7-/m1/s1. The Bertz CT molecular complexity index is 483. The largest absolute Gasteiger partial charge is 0.333 e. The Labute approximate surface area is 118 Å². The van der Waals surface area contributed by atoms with Crippen molar-refractivity contribution in [1.29, 1.82) is 0 Å². The molecular formula is C12H13BrClFN2O. The number of nitrogens with zero attached hydrogens (tertiary/aromatic N) is 1. The fourth-order valence-corrected chi connectivity index (χ4v) is 2.46. The summed E-state index contributed by atoms with van der Waals surface area (Å²) in [6.07, 6.45) is 0. The first kappa shape index (κ1) is 13.8. The van der Waals surface area contributed by atoms with E-state index in [9.17, 15) is 9.18 Å². The molecule has 1 aromatic rings. The Kier molecular flexibility index (Phi) is 4.25. The fraction of sp³-hybridized carbons (Fsp3) is 0.417. The molecule has 0 saturated carbocycles. The third-order valence-corrected chi connectivity index (χ3v) is 4.20. The van der Waals surface area contributed by atoms with Gasteiger partial charge in [-0.15, -0.1) is 0 Å². The number of rotatable bonds is 1. The molecule has 1 amide bonds. The molecule has 1 fully saturated rings. The SMILES string of the molecule is C[C@@H]1CNCCN1C(=O)c1cc(Cl)c(Br)cc1F. The van der Waals surface area contributed by atoms with Crippen LogP contribution >= 0.6 is 27.5 Å². The van der Waals surface area contributed by atoms with Crippen LogP contribution < -0.4 is 5.32 Å². The summed E-state index contributed by atoms with van der Waals surface area (Å²) >= 11 is 9.04. The topological polar surface area (TPSA) is 32.3 Å². The van der Waals surface area contributed by atoms with Gasteiger partial charge < -0.3 is 10.2 Å². The van der Waals surface area contributed by atoms with Crippen molar-refractivity contribution in [3.05, 3.63) is 33.0 Å². The summed E-state index contributed by atoms with van der Waals surface area (Å²) in [4.78, 5) is 13.9. The molecule has 1 heterocycles. The molecule has 0 bridgehead atoms. The molecule has 1 saturated heterocycles. The van der Waals surface area contributed by atoms with Gasteiger partial charge in [-0.3, -0.25) is 4.79 Å². The summed E-state index contributed by atoms with van der Waals surface area (Å²) < 4.78 is 14.3. The van der Waals surface area contributed by atoms with Gasteiger partial charge in [0.05, 0.1) is 10.6 Å². The second-order valence-corrected chi connectivity index (χ2v) is 5.56. The van der Waals surface area contributed by atoms with Crippen molar-refractivity contribution in [2.45, 2.75) is 13.0 Å². The van der Waals surface area contributed by atoms with E-state index in [4.69, 9.17) is 11.6 Å².